The van der Waals surface area contributed by atoms with Gasteiger partial charge in [-0.1, -0.05) is 30.3 Å². The average molecular weight is 179 g/mol. The minimum absolute atomic E-state index is 0.148. The SMILES string of the molecule is C[C@H](CO)N[C@H](C)c1ccccc1. The predicted octanol–water partition coefficient (Wildman–Crippen LogP) is 1.72. The molecule has 2 nitrogen and oxygen atoms in total. The van der Waals surface area contributed by atoms with Gasteiger partial charge in [0.15, 0.2) is 0 Å². The summed E-state index contributed by atoms with van der Waals surface area (Å²) in [7, 11) is 0. The lowest BCUT2D eigenvalue weighted by atomic mass is 10.1. The summed E-state index contributed by atoms with van der Waals surface area (Å²) < 4.78 is 0. The van der Waals surface area contributed by atoms with Gasteiger partial charge < -0.3 is 10.4 Å². The number of aliphatic hydroxyl groups is 1. The summed E-state index contributed by atoms with van der Waals surface area (Å²) in [5, 5.41) is 12.2. The van der Waals surface area contributed by atoms with Crippen molar-refractivity contribution >= 4 is 0 Å². The highest BCUT2D eigenvalue weighted by atomic mass is 16.3. The van der Waals surface area contributed by atoms with Gasteiger partial charge in [-0.2, -0.15) is 0 Å². The number of nitrogens with one attached hydrogen (secondary N) is 1. The fourth-order valence-electron chi connectivity index (χ4n) is 1.32. The molecule has 72 valence electrons. The summed E-state index contributed by atoms with van der Waals surface area (Å²) in [4.78, 5) is 0. The molecule has 0 spiro atoms. The Morgan fingerprint density at radius 3 is 2.38 bits per heavy atom. The third-order valence-corrected chi connectivity index (χ3v) is 2.11. The highest BCUT2D eigenvalue weighted by Gasteiger charge is 2.06. The largest absolute Gasteiger partial charge is 0.395 e. The van der Waals surface area contributed by atoms with Gasteiger partial charge in [0.1, 0.15) is 0 Å². The number of benzene rings is 1. The van der Waals surface area contributed by atoms with Gasteiger partial charge in [-0.15, -0.1) is 0 Å². The summed E-state index contributed by atoms with van der Waals surface area (Å²) in [6, 6.07) is 10.7. The van der Waals surface area contributed by atoms with Crippen molar-refractivity contribution in [1.82, 2.24) is 5.32 Å². The number of hydrogen-bond acceptors (Lipinski definition) is 2. The van der Waals surface area contributed by atoms with E-state index < -0.39 is 0 Å². The number of hydrogen-bond donors (Lipinski definition) is 2. The Bertz CT molecular complexity index is 235. The van der Waals surface area contributed by atoms with Crippen LogP contribution in [0.3, 0.4) is 0 Å². The fourth-order valence-corrected chi connectivity index (χ4v) is 1.32. The van der Waals surface area contributed by atoms with Gasteiger partial charge in [-0.3, -0.25) is 0 Å². The Kier molecular flexibility index (Phi) is 3.93. The van der Waals surface area contributed by atoms with Crippen molar-refractivity contribution in [2.45, 2.75) is 25.9 Å². The van der Waals surface area contributed by atoms with Crippen LogP contribution in [0.5, 0.6) is 0 Å². The van der Waals surface area contributed by atoms with E-state index in [0.717, 1.165) is 0 Å². The third-order valence-electron chi connectivity index (χ3n) is 2.11. The molecule has 0 fully saturated rings. The van der Waals surface area contributed by atoms with Gasteiger partial charge in [0, 0.05) is 12.1 Å². The molecule has 0 unspecified atom stereocenters. The molecule has 0 saturated carbocycles. The maximum Gasteiger partial charge on any atom is 0.0582 e. The Hall–Kier alpha value is -0.860. The van der Waals surface area contributed by atoms with E-state index in [1.54, 1.807) is 0 Å². The Labute approximate surface area is 79.6 Å². The van der Waals surface area contributed by atoms with Crippen LogP contribution in [0.15, 0.2) is 30.3 Å². The van der Waals surface area contributed by atoms with E-state index in [2.05, 4.69) is 24.4 Å². The molecule has 0 aromatic heterocycles. The van der Waals surface area contributed by atoms with E-state index >= 15 is 0 Å². The molecule has 0 saturated heterocycles. The second kappa shape index (κ2) is 5.00. The highest BCUT2D eigenvalue weighted by Crippen LogP contribution is 2.11. The average Bonchev–Trinajstić information content (AvgIpc) is 2.19. The molecule has 0 radical (unpaired) electrons. The van der Waals surface area contributed by atoms with Crippen LogP contribution in [0.2, 0.25) is 0 Å². The van der Waals surface area contributed by atoms with Crippen LogP contribution in [0.25, 0.3) is 0 Å². The van der Waals surface area contributed by atoms with Crippen LogP contribution in [-0.2, 0) is 0 Å². The van der Waals surface area contributed by atoms with E-state index in [1.165, 1.54) is 5.56 Å². The summed E-state index contributed by atoms with van der Waals surface area (Å²) in [5.74, 6) is 0. The van der Waals surface area contributed by atoms with Crippen LogP contribution in [0, 0.1) is 0 Å². The Morgan fingerprint density at radius 1 is 1.23 bits per heavy atom. The molecule has 0 aliphatic carbocycles. The molecule has 2 heteroatoms. The molecule has 0 aliphatic heterocycles. The van der Waals surface area contributed by atoms with Crippen LogP contribution in [0.4, 0.5) is 0 Å². The summed E-state index contributed by atoms with van der Waals surface area (Å²) in [6.45, 7) is 4.25. The standard InChI is InChI=1S/C11H17NO/c1-9(8-13)12-10(2)11-6-4-3-5-7-11/h3-7,9-10,12-13H,8H2,1-2H3/t9-,10-/m1/s1. The van der Waals surface area contributed by atoms with E-state index in [-0.39, 0.29) is 12.6 Å². The van der Waals surface area contributed by atoms with Crippen LogP contribution in [-0.4, -0.2) is 17.8 Å². The van der Waals surface area contributed by atoms with Crippen molar-refractivity contribution in [3.05, 3.63) is 35.9 Å². The highest BCUT2D eigenvalue weighted by molar-refractivity contribution is 5.18. The Balaban J connectivity index is 2.53. The lowest BCUT2D eigenvalue weighted by molar-refractivity contribution is 0.243. The maximum absolute atomic E-state index is 8.87. The Morgan fingerprint density at radius 2 is 1.85 bits per heavy atom. The van der Waals surface area contributed by atoms with E-state index in [9.17, 15) is 0 Å². The van der Waals surface area contributed by atoms with E-state index in [4.69, 9.17) is 5.11 Å². The number of rotatable bonds is 4. The minimum Gasteiger partial charge on any atom is -0.395 e. The maximum atomic E-state index is 8.87. The van der Waals surface area contributed by atoms with E-state index in [1.807, 2.05) is 25.1 Å². The second-order valence-electron chi connectivity index (χ2n) is 3.38. The van der Waals surface area contributed by atoms with Gasteiger partial charge in [0.25, 0.3) is 0 Å². The zero-order valence-corrected chi connectivity index (χ0v) is 8.20. The van der Waals surface area contributed by atoms with Crippen LogP contribution < -0.4 is 5.32 Å². The monoisotopic (exact) mass is 179 g/mol. The topological polar surface area (TPSA) is 32.3 Å². The third kappa shape index (κ3) is 3.17. The fraction of sp³-hybridized carbons (Fsp3) is 0.455. The van der Waals surface area contributed by atoms with Gasteiger partial charge in [0.2, 0.25) is 0 Å². The summed E-state index contributed by atoms with van der Waals surface area (Å²) in [5.41, 5.74) is 1.25. The van der Waals surface area contributed by atoms with Gasteiger partial charge in [-0.25, -0.2) is 0 Å². The molecule has 1 rings (SSSR count). The molecule has 0 aliphatic rings. The zero-order valence-electron chi connectivity index (χ0n) is 8.20. The minimum atomic E-state index is 0.148. The summed E-state index contributed by atoms with van der Waals surface area (Å²) >= 11 is 0. The molecule has 2 N–H and O–H groups in total. The molecule has 1 aromatic carbocycles. The van der Waals surface area contributed by atoms with Crippen LogP contribution >= 0.6 is 0 Å². The normalized spacial score (nSPS) is 15.3. The van der Waals surface area contributed by atoms with Crippen molar-refractivity contribution in [3.8, 4) is 0 Å². The smallest absolute Gasteiger partial charge is 0.0582 e. The first-order valence-electron chi connectivity index (χ1n) is 4.66. The molecule has 0 heterocycles. The van der Waals surface area contributed by atoms with Crippen molar-refractivity contribution in [2.75, 3.05) is 6.61 Å². The molecule has 0 bridgehead atoms. The molecule has 0 amide bonds. The second-order valence-corrected chi connectivity index (χ2v) is 3.38. The molecule has 1 aromatic rings. The quantitative estimate of drug-likeness (QED) is 0.737. The first kappa shape index (κ1) is 10.2. The van der Waals surface area contributed by atoms with Gasteiger partial charge in [-0.05, 0) is 19.4 Å². The van der Waals surface area contributed by atoms with Crippen molar-refractivity contribution in [1.29, 1.82) is 0 Å². The van der Waals surface area contributed by atoms with Gasteiger partial charge in [0.05, 0.1) is 6.61 Å². The molecular weight excluding hydrogens is 162 g/mol. The molecule has 13 heavy (non-hydrogen) atoms. The predicted molar refractivity (Wildman–Crippen MR) is 54.5 cm³/mol. The van der Waals surface area contributed by atoms with Crippen molar-refractivity contribution < 1.29 is 5.11 Å². The van der Waals surface area contributed by atoms with E-state index in [0.29, 0.717) is 6.04 Å². The van der Waals surface area contributed by atoms with Crippen LogP contribution in [0.1, 0.15) is 25.5 Å². The molecule has 2 atom stereocenters. The van der Waals surface area contributed by atoms with Crippen molar-refractivity contribution in [2.24, 2.45) is 0 Å². The number of aliphatic hydroxyl groups excluding tert-OH is 1. The molecular formula is C11H17NO. The van der Waals surface area contributed by atoms with Gasteiger partial charge >= 0.3 is 0 Å². The van der Waals surface area contributed by atoms with Crippen molar-refractivity contribution in [3.63, 3.8) is 0 Å². The lowest BCUT2D eigenvalue weighted by Gasteiger charge is -2.18. The first-order valence-corrected chi connectivity index (χ1v) is 4.66. The first-order chi connectivity index (χ1) is 6.24. The summed E-state index contributed by atoms with van der Waals surface area (Å²) in [6.07, 6.45) is 0. The lowest BCUT2D eigenvalue weighted by Crippen LogP contribution is -2.31. The zero-order chi connectivity index (χ0) is 9.68.